The number of hydrogen-bond acceptors (Lipinski definition) is 3. The highest BCUT2D eigenvalue weighted by molar-refractivity contribution is 5.88. The monoisotopic (exact) mass is 369 g/mol. The summed E-state index contributed by atoms with van der Waals surface area (Å²) in [6, 6.07) is 15.8. The molecule has 1 saturated carbocycles. The van der Waals surface area contributed by atoms with Crippen molar-refractivity contribution in [2.75, 3.05) is 0 Å². The second-order valence-corrected chi connectivity index (χ2v) is 7.02. The van der Waals surface area contributed by atoms with Crippen LogP contribution in [0.3, 0.4) is 0 Å². The Morgan fingerprint density at radius 1 is 1.07 bits per heavy atom. The van der Waals surface area contributed by atoms with Crippen molar-refractivity contribution in [3.8, 4) is 0 Å². The van der Waals surface area contributed by atoms with Crippen molar-refractivity contribution in [3.05, 3.63) is 71.5 Å². The maximum absolute atomic E-state index is 14.4. The van der Waals surface area contributed by atoms with E-state index in [1.54, 1.807) is 25.1 Å². The van der Waals surface area contributed by atoms with Crippen molar-refractivity contribution in [3.63, 3.8) is 0 Å². The van der Waals surface area contributed by atoms with Gasteiger partial charge in [0.2, 0.25) is 0 Å². The van der Waals surface area contributed by atoms with Gasteiger partial charge < -0.3 is 10.1 Å². The average molecular weight is 369 g/mol. The Hall–Kier alpha value is -2.69. The number of amides is 1. The first-order valence-electron chi connectivity index (χ1n) is 9.31. The summed E-state index contributed by atoms with van der Waals surface area (Å²) in [5.41, 5.74) is 0.326. The number of halogens is 1. The summed E-state index contributed by atoms with van der Waals surface area (Å²) in [6.07, 6.45) is 1.79. The molecule has 0 heterocycles. The lowest BCUT2D eigenvalue weighted by Crippen LogP contribution is -2.42. The van der Waals surface area contributed by atoms with Crippen molar-refractivity contribution in [2.45, 2.75) is 50.7 Å². The minimum Gasteiger partial charge on any atom is -0.452 e. The molecule has 1 fully saturated rings. The van der Waals surface area contributed by atoms with Gasteiger partial charge in [0.05, 0.1) is 5.41 Å². The predicted molar refractivity (Wildman–Crippen MR) is 100 cm³/mol. The summed E-state index contributed by atoms with van der Waals surface area (Å²) >= 11 is 0. The number of carbonyl (C=O) groups is 2. The minimum absolute atomic E-state index is 0.361. The fourth-order valence-electron chi connectivity index (χ4n) is 3.67. The Kier molecular flexibility index (Phi) is 5.89. The quantitative estimate of drug-likeness (QED) is 0.786. The van der Waals surface area contributed by atoms with Gasteiger partial charge in [-0.2, -0.15) is 0 Å². The maximum Gasteiger partial charge on any atom is 0.317 e. The molecule has 0 spiro atoms. The summed E-state index contributed by atoms with van der Waals surface area (Å²) in [4.78, 5) is 25.3. The van der Waals surface area contributed by atoms with E-state index in [4.69, 9.17) is 4.74 Å². The van der Waals surface area contributed by atoms with Gasteiger partial charge in [-0.1, -0.05) is 61.4 Å². The SMILES string of the molecule is C[C@H](OC(=O)C1(c2ccccc2F)CCCC1)C(=O)NCc1ccccc1. The molecule has 0 saturated heterocycles. The zero-order chi connectivity index (χ0) is 19.3. The molecule has 0 radical (unpaired) electrons. The van der Waals surface area contributed by atoms with Crippen LogP contribution in [0.25, 0.3) is 0 Å². The van der Waals surface area contributed by atoms with Gasteiger partial charge in [0.15, 0.2) is 6.10 Å². The van der Waals surface area contributed by atoms with E-state index in [1.807, 2.05) is 30.3 Å². The van der Waals surface area contributed by atoms with Gasteiger partial charge in [0.25, 0.3) is 5.91 Å². The second kappa shape index (κ2) is 8.33. The second-order valence-electron chi connectivity index (χ2n) is 7.02. The van der Waals surface area contributed by atoms with Crippen molar-refractivity contribution in [2.24, 2.45) is 0 Å². The number of rotatable bonds is 6. The Labute approximate surface area is 158 Å². The molecule has 0 unspecified atom stereocenters. The highest BCUT2D eigenvalue weighted by Crippen LogP contribution is 2.43. The Morgan fingerprint density at radius 3 is 2.37 bits per heavy atom. The third-order valence-corrected chi connectivity index (χ3v) is 5.20. The van der Waals surface area contributed by atoms with E-state index in [-0.39, 0.29) is 5.91 Å². The highest BCUT2D eigenvalue weighted by atomic mass is 19.1. The van der Waals surface area contributed by atoms with Gasteiger partial charge in [0.1, 0.15) is 5.82 Å². The molecule has 5 heteroatoms. The minimum atomic E-state index is -1.00. The Balaban J connectivity index is 1.67. The third kappa shape index (κ3) is 4.18. The van der Waals surface area contributed by atoms with E-state index in [9.17, 15) is 14.0 Å². The van der Waals surface area contributed by atoms with Crippen LogP contribution in [0.5, 0.6) is 0 Å². The lowest BCUT2D eigenvalue weighted by Gasteiger charge is -2.29. The van der Waals surface area contributed by atoms with Crippen molar-refractivity contribution in [1.82, 2.24) is 5.32 Å². The predicted octanol–water partition coefficient (Wildman–Crippen LogP) is 3.89. The lowest BCUT2D eigenvalue weighted by molar-refractivity contribution is -0.160. The summed E-state index contributed by atoms with van der Waals surface area (Å²) in [5.74, 6) is -1.29. The molecule has 142 valence electrons. The van der Waals surface area contributed by atoms with Crippen LogP contribution in [-0.4, -0.2) is 18.0 Å². The highest BCUT2D eigenvalue weighted by Gasteiger charge is 2.46. The van der Waals surface area contributed by atoms with E-state index in [1.165, 1.54) is 6.07 Å². The molecular weight excluding hydrogens is 345 g/mol. The molecule has 0 aromatic heterocycles. The molecule has 0 bridgehead atoms. The normalized spacial score (nSPS) is 16.5. The Morgan fingerprint density at radius 2 is 1.70 bits per heavy atom. The van der Waals surface area contributed by atoms with Gasteiger partial charge in [-0.25, -0.2) is 4.39 Å². The van der Waals surface area contributed by atoms with E-state index in [2.05, 4.69) is 5.32 Å². The molecule has 3 rings (SSSR count). The Bertz CT molecular complexity index is 800. The van der Waals surface area contributed by atoms with Gasteiger partial charge in [-0.3, -0.25) is 9.59 Å². The van der Waals surface area contributed by atoms with Gasteiger partial charge in [0, 0.05) is 12.1 Å². The fraction of sp³-hybridized carbons (Fsp3) is 0.364. The number of benzene rings is 2. The zero-order valence-corrected chi connectivity index (χ0v) is 15.4. The maximum atomic E-state index is 14.4. The molecule has 2 aromatic carbocycles. The number of nitrogens with one attached hydrogen (secondary N) is 1. The van der Waals surface area contributed by atoms with Crippen LogP contribution in [0.15, 0.2) is 54.6 Å². The van der Waals surface area contributed by atoms with Gasteiger partial charge >= 0.3 is 5.97 Å². The number of esters is 1. The fourth-order valence-corrected chi connectivity index (χ4v) is 3.67. The molecule has 1 aliphatic carbocycles. The molecule has 1 N–H and O–H groups in total. The molecule has 0 aliphatic heterocycles. The van der Waals surface area contributed by atoms with Crippen LogP contribution in [0.1, 0.15) is 43.7 Å². The third-order valence-electron chi connectivity index (χ3n) is 5.20. The molecule has 1 aliphatic rings. The first kappa shape index (κ1) is 19.1. The largest absolute Gasteiger partial charge is 0.452 e. The molecule has 2 aromatic rings. The van der Waals surface area contributed by atoms with E-state index >= 15 is 0 Å². The smallest absolute Gasteiger partial charge is 0.317 e. The zero-order valence-electron chi connectivity index (χ0n) is 15.4. The number of hydrogen-bond donors (Lipinski definition) is 1. The lowest BCUT2D eigenvalue weighted by atomic mass is 9.78. The van der Waals surface area contributed by atoms with Crippen LogP contribution in [0.4, 0.5) is 4.39 Å². The first-order chi connectivity index (χ1) is 13.0. The summed E-state index contributed by atoms with van der Waals surface area (Å²) < 4.78 is 19.8. The number of ether oxygens (including phenoxy) is 1. The molecule has 27 heavy (non-hydrogen) atoms. The topological polar surface area (TPSA) is 55.4 Å². The van der Waals surface area contributed by atoms with Crippen molar-refractivity contribution < 1.29 is 18.7 Å². The van der Waals surface area contributed by atoms with Crippen molar-refractivity contribution in [1.29, 1.82) is 0 Å². The molecular formula is C22H24FNO3. The molecule has 1 atom stereocenters. The van der Waals surface area contributed by atoms with E-state index in [0.29, 0.717) is 24.9 Å². The van der Waals surface area contributed by atoms with E-state index in [0.717, 1.165) is 18.4 Å². The van der Waals surface area contributed by atoms with Crippen LogP contribution >= 0.6 is 0 Å². The van der Waals surface area contributed by atoms with Crippen LogP contribution in [-0.2, 0) is 26.3 Å². The average Bonchev–Trinajstić information content (AvgIpc) is 3.18. The molecule has 4 nitrogen and oxygen atoms in total. The summed E-state index contributed by atoms with van der Waals surface area (Å²) in [7, 11) is 0. The number of carbonyl (C=O) groups excluding carboxylic acids is 2. The summed E-state index contributed by atoms with van der Waals surface area (Å²) in [6.45, 7) is 1.91. The first-order valence-corrected chi connectivity index (χ1v) is 9.31. The standard InChI is InChI=1S/C22H24FNO3/c1-16(20(25)24-15-17-9-3-2-4-10-17)27-21(26)22(13-7-8-14-22)18-11-5-6-12-19(18)23/h2-6,9-12,16H,7-8,13-15H2,1H3,(H,24,25)/t16-/m0/s1. The van der Waals surface area contributed by atoms with E-state index < -0.39 is 23.3 Å². The van der Waals surface area contributed by atoms with Crippen LogP contribution < -0.4 is 5.32 Å². The van der Waals surface area contributed by atoms with Gasteiger partial charge in [-0.05, 0) is 31.4 Å². The van der Waals surface area contributed by atoms with Crippen LogP contribution in [0.2, 0.25) is 0 Å². The summed E-state index contributed by atoms with van der Waals surface area (Å²) in [5, 5.41) is 2.77. The van der Waals surface area contributed by atoms with Crippen LogP contribution in [0, 0.1) is 5.82 Å². The molecule has 1 amide bonds. The van der Waals surface area contributed by atoms with Crippen molar-refractivity contribution >= 4 is 11.9 Å². The van der Waals surface area contributed by atoms with Gasteiger partial charge in [-0.15, -0.1) is 0 Å².